The number of aromatic amines is 1. The number of fused-ring (bicyclic) bond motifs is 1. The average Bonchev–Trinajstić information content (AvgIpc) is 2.65. The van der Waals surface area contributed by atoms with Gasteiger partial charge in [-0.1, -0.05) is 18.2 Å². The van der Waals surface area contributed by atoms with Crippen LogP contribution in [0.1, 0.15) is 27.2 Å². The molecule has 0 aliphatic heterocycles. The molecule has 0 spiro atoms. The molecule has 9 heteroatoms. The van der Waals surface area contributed by atoms with Gasteiger partial charge in [0.15, 0.2) is 5.69 Å². The number of halogens is 2. The maximum Gasteiger partial charge on any atom is 0.387 e. The fourth-order valence-corrected chi connectivity index (χ4v) is 2.84. The molecule has 7 nitrogen and oxygen atoms in total. The Morgan fingerprint density at radius 2 is 1.86 bits per heavy atom. The second kappa shape index (κ2) is 7.95. The normalized spacial score (nSPS) is 11.3. The highest BCUT2D eigenvalue weighted by Gasteiger charge is 2.14. The molecular formula is C19H16F2N4O3. The molecule has 0 saturated heterocycles. The molecule has 1 heterocycles. The Kier molecular flexibility index (Phi) is 5.44. The molecule has 0 bridgehead atoms. The van der Waals surface area contributed by atoms with E-state index in [1.807, 2.05) is 0 Å². The Morgan fingerprint density at radius 3 is 2.50 bits per heavy atom. The number of benzene rings is 2. The number of alkyl halides is 2. The van der Waals surface area contributed by atoms with Crippen molar-refractivity contribution in [2.24, 2.45) is 5.10 Å². The fourth-order valence-electron chi connectivity index (χ4n) is 2.84. The molecule has 1 amide bonds. The molecule has 1 aromatic heterocycles. The number of ether oxygens (including phenoxy) is 1. The van der Waals surface area contributed by atoms with Crippen molar-refractivity contribution in [1.82, 2.24) is 15.6 Å². The number of H-pyrrole nitrogens is 1. The van der Waals surface area contributed by atoms with Crippen LogP contribution in [0.5, 0.6) is 5.75 Å². The molecule has 0 aliphatic carbocycles. The standard InChI is InChI=1S/C19H16F2N4O3/c1-10-7-12(8-11(2)16(10)28-19(20)21)9-22-24-18(27)15-13-5-3-4-6-14(13)17(26)25-23-15/h3-9,19H,1-2H3,(H,24,27)(H,25,26)/b22-9-. The number of carbonyl (C=O) groups is 1. The summed E-state index contributed by atoms with van der Waals surface area (Å²) in [5.41, 5.74) is 3.60. The molecule has 0 unspecified atom stereocenters. The molecule has 0 atom stereocenters. The quantitative estimate of drug-likeness (QED) is 0.521. The van der Waals surface area contributed by atoms with E-state index in [1.165, 1.54) is 6.21 Å². The van der Waals surface area contributed by atoms with Crippen LogP contribution in [0.4, 0.5) is 8.78 Å². The summed E-state index contributed by atoms with van der Waals surface area (Å²) in [6.45, 7) is 0.365. The summed E-state index contributed by atoms with van der Waals surface area (Å²) in [6.07, 6.45) is 1.37. The summed E-state index contributed by atoms with van der Waals surface area (Å²) in [6, 6.07) is 9.79. The lowest BCUT2D eigenvalue weighted by Crippen LogP contribution is -2.22. The van der Waals surface area contributed by atoms with E-state index in [4.69, 9.17) is 0 Å². The lowest BCUT2D eigenvalue weighted by molar-refractivity contribution is -0.0507. The number of aromatic nitrogens is 2. The zero-order valence-corrected chi connectivity index (χ0v) is 15.0. The largest absolute Gasteiger partial charge is 0.434 e. The van der Waals surface area contributed by atoms with Gasteiger partial charge < -0.3 is 4.74 Å². The Bertz CT molecular complexity index is 1100. The number of hydrazone groups is 1. The van der Waals surface area contributed by atoms with Gasteiger partial charge in [-0.2, -0.15) is 19.0 Å². The first-order chi connectivity index (χ1) is 13.4. The second-order valence-corrected chi connectivity index (χ2v) is 6.01. The van der Waals surface area contributed by atoms with Gasteiger partial charge in [0.05, 0.1) is 11.6 Å². The Balaban J connectivity index is 1.79. The molecule has 0 aliphatic rings. The van der Waals surface area contributed by atoms with E-state index in [-0.39, 0.29) is 11.4 Å². The van der Waals surface area contributed by atoms with Crippen LogP contribution in [0.25, 0.3) is 10.8 Å². The van der Waals surface area contributed by atoms with E-state index in [0.29, 0.717) is 27.5 Å². The van der Waals surface area contributed by atoms with Gasteiger partial charge in [-0.15, -0.1) is 0 Å². The van der Waals surface area contributed by atoms with E-state index < -0.39 is 18.1 Å². The zero-order chi connectivity index (χ0) is 20.3. The molecule has 2 N–H and O–H groups in total. The molecule has 144 valence electrons. The van der Waals surface area contributed by atoms with Gasteiger partial charge in [-0.05, 0) is 48.7 Å². The highest BCUT2D eigenvalue weighted by atomic mass is 19.3. The molecule has 0 fully saturated rings. The SMILES string of the molecule is Cc1cc(/C=N\NC(=O)c2n[nH]c(=O)c3ccccc23)cc(C)c1OC(F)F. The first-order valence-electron chi connectivity index (χ1n) is 8.23. The Morgan fingerprint density at radius 1 is 1.21 bits per heavy atom. The van der Waals surface area contributed by atoms with Crippen LogP contribution in [0.2, 0.25) is 0 Å². The van der Waals surface area contributed by atoms with Crippen LogP contribution in [0.3, 0.4) is 0 Å². The van der Waals surface area contributed by atoms with Crippen LogP contribution in [0, 0.1) is 13.8 Å². The lowest BCUT2D eigenvalue weighted by Gasteiger charge is -2.11. The van der Waals surface area contributed by atoms with E-state index >= 15 is 0 Å². The van der Waals surface area contributed by atoms with E-state index in [9.17, 15) is 18.4 Å². The van der Waals surface area contributed by atoms with E-state index in [2.05, 4.69) is 25.5 Å². The number of aryl methyl sites for hydroxylation is 2. The van der Waals surface area contributed by atoms with Gasteiger partial charge in [0.25, 0.3) is 11.5 Å². The van der Waals surface area contributed by atoms with Crippen LogP contribution in [-0.2, 0) is 0 Å². The number of nitrogens with one attached hydrogen (secondary N) is 2. The van der Waals surface area contributed by atoms with Crippen molar-refractivity contribution in [1.29, 1.82) is 0 Å². The average molecular weight is 386 g/mol. The number of nitrogens with zero attached hydrogens (tertiary/aromatic N) is 2. The number of hydrogen-bond acceptors (Lipinski definition) is 5. The Labute approximate surface area is 158 Å². The summed E-state index contributed by atoms with van der Waals surface area (Å²) in [4.78, 5) is 24.1. The van der Waals surface area contributed by atoms with Gasteiger partial charge in [0, 0.05) is 5.39 Å². The summed E-state index contributed by atoms with van der Waals surface area (Å²) >= 11 is 0. The summed E-state index contributed by atoms with van der Waals surface area (Å²) in [5, 5.41) is 10.7. The first kappa shape index (κ1) is 19.2. The van der Waals surface area contributed by atoms with Crippen molar-refractivity contribution < 1.29 is 18.3 Å². The number of hydrogen-bond donors (Lipinski definition) is 2. The molecule has 3 aromatic rings. The maximum absolute atomic E-state index is 12.4. The van der Waals surface area contributed by atoms with Crippen LogP contribution < -0.4 is 15.7 Å². The van der Waals surface area contributed by atoms with Gasteiger partial charge in [0.2, 0.25) is 0 Å². The van der Waals surface area contributed by atoms with E-state index in [0.717, 1.165) is 0 Å². The number of rotatable bonds is 5. The lowest BCUT2D eigenvalue weighted by atomic mass is 10.1. The molecule has 2 aromatic carbocycles. The maximum atomic E-state index is 12.4. The molecule has 0 radical (unpaired) electrons. The van der Waals surface area contributed by atoms with Crippen LogP contribution in [-0.4, -0.2) is 28.9 Å². The predicted octanol–water partition coefficient (Wildman–Crippen LogP) is 2.91. The Hall–Kier alpha value is -3.62. The van der Waals surface area contributed by atoms with Gasteiger partial charge in [-0.3, -0.25) is 9.59 Å². The van der Waals surface area contributed by atoms with Crippen molar-refractivity contribution in [2.75, 3.05) is 0 Å². The minimum absolute atomic E-state index is 0.0281. The summed E-state index contributed by atoms with van der Waals surface area (Å²) in [7, 11) is 0. The summed E-state index contributed by atoms with van der Waals surface area (Å²) in [5.74, 6) is -0.491. The van der Waals surface area contributed by atoms with Crippen LogP contribution >= 0.6 is 0 Å². The topological polar surface area (TPSA) is 96.4 Å². The predicted molar refractivity (Wildman–Crippen MR) is 100.0 cm³/mol. The summed E-state index contributed by atoms with van der Waals surface area (Å²) < 4.78 is 29.4. The molecule has 0 saturated carbocycles. The second-order valence-electron chi connectivity index (χ2n) is 6.01. The van der Waals surface area contributed by atoms with Crippen molar-refractivity contribution in [2.45, 2.75) is 20.5 Å². The van der Waals surface area contributed by atoms with Gasteiger partial charge in [-0.25, -0.2) is 10.5 Å². The van der Waals surface area contributed by atoms with Crippen molar-refractivity contribution in [3.63, 3.8) is 0 Å². The monoisotopic (exact) mass is 386 g/mol. The third-order valence-corrected chi connectivity index (χ3v) is 3.98. The van der Waals surface area contributed by atoms with Crippen molar-refractivity contribution in [3.8, 4) is 5.75 Å². The number of amides is 1. The third-order valence-electron chi connectivity index (χ3n) is 3.98. The van der Waals surface area contributed by atoms with Gasteiger partial charge >= 0.3 is 6.61 Å². The smallest absolute Gasteiger partial charge is 0.387 e. The molecule has 28 heavy (non-hydrogen) atoms. The van der Waals surface area contributed by atoms with E-state index in [1.54, 1.807) is 50.2 Å². The highest BCUT2D eigenvalue weighted by Crippen LogP contribution is 2.25. The van der Waals surface area contributed by atoms with Gasteiger partial charge in [0.1, 0.15) is 5.75 Å². The molecular weight excluding hydrogens is 370 g/mol. The third kappa shape index (κ3) is 4.03. The first-order valence-corrected chi connectivity index (χ1v) is 8.23. The zero-order valence-electron chi connectivity index (χ0n) is 15.0. The van der Waals surface area contributed by atoms with Crippen molar-refractivity contribution in [3.05, 3.63) is 69.1 Å². The highest BCUT2D eigenvalue weighted by molar-refractivity contribution is 6.04. The molecule has 3 rings (SSSR count). The van der Waals surface area contributed by atoms with Crippen molar-refractivity contribution >= 4 is 22.9 Å². The fraction of sp³-hybridized carbons (Fsp3) is 0.158. The number of carbonyl (C=O) groups excluding carboxylic acids is 1. The van der Waals surface area contributed by atoms with Crippen LogP contribution in [0.15, 0.2) is 46.3 Å². The minimum Gasteiger partial charge on any atom is -0.434 e. The minimum atomic E-state index is -2.91.